The number of methoxy groups -OCH3 is 1. The monoisotopic (exact) mass is 613 g/mol. The van der Waals surface area contributed by atoms with E-state index in [1.807, 2.05) is 0 Å². The highest BCUT2D eigenvalue weighted by atomic mass is 79.9. The van der Waals surface area contributed by atoms with Gasteiger partial charge in [0.25, 0.3) is 5.91 Å². The Morgan fingerprint density at radius 2 is 1.59 bits per heavy atom. The lowest BCUT2D eigenvalue weighted by molar-refractivity contribution is -0.114. The Balaban J connectivity index is 1.85. The van der Waals surface area contributed by atoms with Gasteiger partial charge in [0, 0.05) is 18.3 Å². The number of hydrogen-bond donors (Lipinski definition) is 3. The number of nitrogens with zero attached hydrogens (tertiary/aromatic N) is 1. The number of halogens is 1. The van der Waals surface area contributed by atoms with E-state index in [-0.39, 0.29) is 43.6 Å². The number of carboxylic acid groups (broad SMARTS) is 1. The predicted molar refractivity (Wildman–Crippen MR) is 145 cm³/mol. The average molecular weight is 614 g/mol. The van der Waals surface area contributed by atoms with E-state index >= 15 is 0 Å². The number of anilines is 2. The van der Waals surface area contributed by atoms with E-state index in [0.717, 1.165) is 0 Å². The second-order valence-electron chi connectivity index (χ2n) is 7.78. The van der Waals surface area contributed by atoms with Crippen LogP contribution in [0.3, 0.4) is 0 Å². The van der Waals surface area contributed by atoms with E-state index in [4.69, 9.17) is 14.0 Å². The number of ether oxygens (including phenoxy) is 1. The van der Waals surface area contributed by atoms with Gasteiger partial charge in [-0.15, -0.1) is 0 Å². The van der Waals surface area contributed by atoms with Crippen LogP contribution >= 0.6 is 15.9 Å². The topological polar surface area (TPSA) is 172 Å². The van der Waals surface area contributed by atoms with Crippen molar-refractivity contribution in [3.63, 3.8) is 0 Å². The third-order valence-corrected chi connectivity index (χ3v) is 6.80. The van der Waals surface area contributed by atoms with Crippen molar-refractivity contribution in [1.82, 2.24) is 0 Å². The van der Waals surface area contributed by atoms with Gasteiger partial charge in [-0.25, -0.2) is 4.79 Å². The summed E-state index contributed by atoms with van der Waals surface area (Å²) in [6, 6.07) is 15.3. The molecule has 0 atom stereocenters. The Labute approximate surface area is 231 Å². The third-order valence-electron chi connectivity index (χ3n) is 4.97. The van der Waals surface area contributed by atoms with Crippen LogP contribution in [-0.2, 0) is 19.7 Å². The second kappa shape index (κ2) is 12.2. The summed E-state index contributed by atoms with van der Waals surface area (Å²) in [7, 11) is -3.01. The molecule has 39 heavy (non-hydrogen) atoms. The summed E-state index contributed by atoms with van der Waals surface area (Å²) in [5.74, 6) is -2.35. The van der Waals surface area contributed by atoms with Crippen molar-refractivity contribution >= 4 is 61.3 Å². The van der Waals surface area contributed by atoms with Crippen LogP contribution in [0.1, 0.15) is 22.8 Å². The molecule has 0 bridgehead atoms. The summed E-state index contributed by atoms with van der Waals surface area (Å²) < 4.78 is 36.5. The Bertz CT molecular complexity index is 1610. The van der Waals surface area contributed by atoms with Crippen LogP contribution < -0.4 is 19.6 Å². The highest BCUT2D eigenvalue weighted by Crippen LogP contribution is 2.39. The maximum absolute atomic E-state index is 12.9. The summed E-state index contributed by atoms with van der Waals surface area (Å²) in [6.07, 6.45) is 1.26. The van der Waals surface area contributed by atoms with Gasteiger partial charge in [-0.2, -0.15) is 13.7 Å². The van der Waals surface area contributed by atoms with E-state index in [2.05, 4.69) is 26.6 Å². The second-order valence-corrected chi connectivity index (χ2v) is 10.2. The van der Waals surface area contributed by atoms with Crippen LogP contribution in [0.15, 0.2) is 75.6 Å². The minimum atomic E-state index is -4.30. The lowest BCUT2D eigenvalue weighted by Gasteiger charge is -2.14. The van der Waals surface area contributed by atoms with Crippen molar-refractivity contribution in [1.29, 1.82) is 5.26 Å². The molecule has 0 spiro atoms. The molecular formula is C26H20BrN3O8S. The fourth-order valence-corrected chi connectivity index (χ4v) is 4.78. The Kier molecular flexibility index (Phi) is 9.08. The molecule has 13 heteroatoms. The van der Waals surface area contributed by atoms with Crippen molar-refractivity contribution in [3.05, 3.63) is 81.8 Å². The molecule has 0 fully saturated rings. The maximum atomic E-state index is 12.9. The zero-order valence-corrected chi connectivity index (χ0v) is 22.8. The molecule has 0 saturated carbocycles. The van der Waals surface area contributed by atoms with Crippen LogP contribution in [0.5, 0.6) is 11.5 Å². The first kappa shape index (κ1) is 28.9. The Morgan fingerprint density at radius 3 is 2.13 bits per heavy atom. The number of rotatable bonds is 9. The van der Waals surface area contributed by atoms with Gasteiger partial charge >= 0.3 is 16.1 Å². The van der Waals surface area contributed by atoms with Crippen molar-refractivity contribution in [2.24, 2.45) is 0 Å². The summed E-state index contributed by atoms with van der Waals surface area (Å²) in [6.45, 7) is 1.32. The van der Waals surface area contributed by atoms with Gasteiger partial charge in [0.05, 0.1) is 17.1 Å². The average Bonchev–Trinajstić information content (AvgIpc) is 2.88. The van der Waals surface area contributed by atoms with E-state index in [9.17, 15) is 28.1 Å². The number of nitriles is 1. The largest absolute Gasteiger partial charge is 0.493 e. The molecule has 11 nitrogen and oxygen atoms in total. The van der Waals surface area contributed by atoms with Crippen molar-refractivity contribution in [2.45, 2.75) is 11.8 Å². The molecule has 3 N–H and O–H groups in total. The number of benzene rings is 3. The number of carboxylic acids is 1. The molecule has 0 unspecified atom stereocenters. The van der Waals surface area contributed by atoms with E-state index < -0.39 is 22.0 Å². The molecule has 200 valence electrons. The first-order chi connectivity index (χ1) is 18.4. The van der Waals surface area contributed by atoms with Gasteiger partial charge in [-0.3, -0.25) is 9.59 Å². The van der Waals surface area contributed by atoms with E-state index in [1.165, 1.54) is 80.8 Å². The van der Waals surface area contributed by atoms with Crippen LogP contribution in [0.25, 0.3) is 6.08 Å². The zero-order valence-electron chi connectivity index (χ0n) is 20.4. The molecule has 0 heterocycles. The van der Waals surface area contributed by atoms with Crippen LogP contribution in [0.2, 0.25) is 0 Å². The zero-order chi connectivity index (χ0) is 28.7. The van der Waals surface area contributed by atoms with Gasteiger partial charge in [0.1, 0.15) is 16.5 Å². The molecule has 3 aromatic rings. The van der Waals surface area contributed by atoms with Crippen LogP contribution in [0, 0.1) is 11.3 Å². The predicted octanol–water partition coefficient (Wildman–Crippen LogP) is 4.43. The lowest BCUT2D eigenvalue weighted by atomic mass is 10.1. The number of aromatic carboxylic acids is 1. The fraction of sp³-hybridized carbons (Fsp3) is 0.0769. The maximum Gasteiger partial charge on any atom is 0.339 e. The quantitative estimate of drug-likeness (QED) is 0.179. The van der Waals surface area contributed by atoms with E-state index in [1.54, 1.807) is 6.07 Å². The number of nitrogens with one attached hydrogen (secondary N) is 2. The van der Waals surface area contributed by atoms with Crippen molar-refractivity contribution in [3.8, 4) is 17.6 Å². The molecule has 0 aliphatic carbocycles. The standard InChI is InChI=1S/C26H20BrN3O8S/c1-15(31)29-19-7-9-21(10-8-19)39(35,36)38-24-22(27)12-16(13-23(24)37-2)11-18(14-28)25(32)30-20-5-3-17(4-6-20)26(33)34/h3-13H,1-2H3,(H,29,31)(H,30,32)(H,33,34)/b18-11+. The Hall–Kier alpha value is -4.67. The van der Waals surface area contributed by atoms with Crippen molar-refractivity contribution < 1.29 is 36.8 Å². The van der Waals surface area contributed by atoms with E-state index in [0.29, 0.717) is 11.3 Å². The molecule has 3 rings (SSSR count). The number of carbonyl (C=O) groups is 3. The minimum absolute atomic E-state index is 0.00368. The van der Waals surface area contributed by atoms with Gasteiger partial charge in [0.15, 0.2) is 11.5 Å². The number of amides is 2. The normalized spacial score (nSPS) is 11.2. The minimum Gasteiger partial charge on any atom is -0.493 e. The molecule has 0 aliphatic heterocycles. The molecule has 0 radical (unpaired) electrons. The summed E-state index contributed by atoms with van der Waals surface area (Å²) in [5, 5.41) is 23.5. The van der Waals surface area contributed by atoms with Crippen LogP contribution in [0.4, 0.5) is 11.4 Å². The smallest absolute Gasteiger partial charge is 0.339 e. The van der Waals surface area contributed by atoms with Crippen molar-refractivity contribution in [2.75, 3.05) is 17.7 Å². The molecular weight excluding hydrogens is 594 g/mol. The third kappa shape index (κ3) is 7.44. The first-order valence-corrected chi connectivity index (χ1v) is 13.1. The number of carbonyl (C=O) groups excluding carboxylic acids is 2. The summed E-state index contributed by atoms with van der Waals surface area (Å²) in [4.78, 5) is 34.6. The van der Waals surface area contributed by atoms with Gasteiger partial charge in [0.2, 0.25) is 5.91 Å². The van der Waals surface area contributed by atoms with Gasteiger partial charge < -0.3 is 24.7 Å². The Morgan fingerprint density at radius 1 is 1.00 bits per heavy atom. The molecule has 3 aromatic carbocycles. The highest BCUT2D eigenvalue weighted by Gasteiger charge is 2.22. The molecule has 0 saturated heterocycles. The van der Waals surface area contributed by atoms with Gasteiger partial charge in [-0.1, -0.05) is 0 Å². The summed E-state index contributed by atoms with van der Waals surface area (Å²) in [5.41, 5.74) is 0.755. The summed E-state index contributed by atoms with van der Waals surface area (Å²) >= 11 is 3.25. The lowest BCUT2D eigenvalue weighted by Crippen LogP contribution is -2.13. The molecule has 2 amide bonds. The van der Waals surface area contributed by atoms with Crippen LogP contribution in [-0.4, -0.2) is 38.4 Å². The molecule has 0 aromatic heterocycles. The first-order valence-electron chi connectivity index (χ1n) is 10.9. The number of hydrogen-bond acceptors (Lipinski definition) is 8. The van der Waals surface area contributed by atoms with Gasteiger partial charge in [-0.05, 0) is 88.2 Å². The highest BCUT2D eigenvalue weighted by molar-refractivity contribution is 9.10. The fourth-order valence-electron chi connectivity index (χ4n) is 3.18. The SMILES string of the molecule is COc1cc(/C=C(\C#N)C(=O)Nc2ccc(C(=O)O)cc2)cc(Br)c1OS(=O)(=O)c1ccc(NC(C)=O)cc1. The molecule has 0 aliphatic rings.